The first-order valence-corrected chi connectivity index (χ1v) is 6.40. The number of aryl methyl sites for hydroxylation is 1. The van der Waals surface area contributed by atoms with E-state index in [2.05, 4.69) is 20.5 Å². The van der Waals surface area contributed by atoms with Gasteiger partial charge in [-0.05, 0) is 30.2 Å². The fraction of sp³-hybridized carbons (Fsp3) is 0.214. The zero-order chi connectivity index (χ0) is 14.2. The lowest BCUT2D eigenvalue weighted by Gasteiger charge is -2.00. The number of anilines is 1. The number of aromatic nitrogens is 3. The molecule has 0 aliphatic heterocycles. The van der Waals surface area contributed by atoms with Crippen LogP contribution in [0.3, 0.4) is 0 Å². The van der Waals surface area contributed by atoms with E-state index in [0.717, 1.165) is 24.2 Å². The van der Waals surface area contributed by atoms with E-state index in [-0.39, 0.29) is 5.91 Å². The van der Waals surface area contributed by atoms with Gasteiger partial charge in [0, 0.05) is 24.7 Å². The third kappa shape index (κ3) is 4.56. The smallest absolute Gasteiger partial charge is 0.243 e. The van der Waals surface area contributed by atoms with Crippen LogP contribution in [-0.2, 0) is 11.2 Å². The SMILES string of the molecule is Nc1cccc(/C=C/C(=O)NCCCc2ncn[nH]2)c1. The minimum Gasteiger partial charge on any atom is -0.399 e. The Bertz CT molecular complexity index is 577. The van der Waals surface area contributed by atoms with Crippen molar-refractivity contribution in [3.8, 4) is 0 Å². The van der Waals surface area contributed by atoms with Crippen molar-refractivity contribution in [1.29, 1.82) is 0 Å². The number of carbonyl (C=O) groups is 1. The van der Waals surface area contributed by atoms with E-state index >= 15 is 0 Å². The van der Waals surface area contributed by atoms with Crippen molar-refractivity contribution in [3.63, 3.8) is 0 Å². The van der Waals surface area contributed by atoms with Crippen molar-refractivity contribution < 1.29 is 4.79 Å². The highest BCUT2D eigenvalue weighted by Crippen LogP contribution is 2.07. The molecule has 6 heteroatoms. The Morgan fingerprint density at radius 1 is 1.45 bits per heavy atom. The highest BCUT2D eigenvalue weighted by Gasteiger charge is 1.98. The van der Waals surface area contributed by atoms with Gasteiger partial charge in [0.05, 0.1) is 0 Å². The maximum Gasteiger partial charge on any atom is 0.243 e. The Labute approximate surface area is 117 Å². The van der Waals surface area contributed by atoms with Crippen LogP contribution in [0.15, 0.2) is 36.7 Å². The van der Waals surface area contributed by atoms with Crippen LogP contribution in [0.1, 0.15) is 17.8 Å². The van der Waals surface area contributed by atoms with Gasteiger partial charge in [0.2, 0.25) is 5.91 Å². The van der Waals surface area contributed by atoms with Gasteiger partial charge in [0.25, 0.3) is 0 Å². The number of rotatable bonds is 6. The van der Waals surface area contributed by atoms with Crippen molar-refractivity contribution >= 4 is 17.7 Å². The van der Waals surface area contributed by atoms with Crippen LogP contribution in [0, 0.1) is 0 Å². The average Bonchev–Trinajstić information content (AvgIpc) is 2.95. The van der Waals surface area contributed by atoms with Crippen molar-refractivity contribution in [1.82, 2.24) is 20.5 Å². The van der Waals surface area contributed by atoms with Crippen LogP contribution in [0.2, 0.25) is 0 Å². The van der Waals surface area contributed by atoms with Gasteiger partial charge in [-0.2, -0.15) is 5.10 Å². The molecular formula is C14H17N5O. The summed E-state index contributed by atoms with van der Waals surface area (Å²) in [6.45, 7) is 0.598. The van der Waals surface area contributed by atoms with Crippen molar-refractivity contribution in [2.24, 2.45) is 0 Å². The third-order valence-electron chi connectivity index (χ3n) is 2.69. The van der Waals surface area contributed by atoms with Gasteiger partial charge in [-0.25, -0.2) is 4.98 Å². The molecule has 2 aromatic rings. The Balaban J connectivity index is 1.70. The van der Waals surface area contributed by atoms with Crippen molar-refractivity contribution in [2.75, 3.05) is 12.3 Å². The molecule has 0 spiro atoms. The molecule has 0 bridgehead atoms. The molecule has 1 heterocycles. The fourth-order valence-electron chi connectivity index (χ4n) is 1.71. The van der Waals surface area contributed by atoms with E-state index in [1.807, 2.05) is 18.2 Å². The maximum atomic E-state index is 11.6. The van der Waals surface area contributed by atoms with Crippen molar-refractivity contribution in [2.45, 2.75) is 12.8 Å². The first-order valence-electron chi connectivity index (χ1n) is 6.40. The highest BCUT2D eigenvalue weighted by atomic mass is 16.1. The number of benzene rings is 1. The van der Waals surface area contributed by atoms with Crippen LogP contribution in [0.25, 0.3) is 6.08 Å². The fourth-order valence-corrected chi connectivity index (χ4v) is 1.71. The van der Waals surface area contributed by atoms with E-state index in [1.54, 1.807) is 12.1 Å². The number of nitrogens with one attached hydrogen (secondary N) is 2. The van der Waals surface area contributed by atoms with E-state index in [0.29, 0.717) is 12.2 Å². The second kappa shape index (κ2) is 7.08. The van der Waals surface area contributed by atoms with Gasteiger partial charge in [-0.3, -0.25) is 9.89 Å². The molecule has 0 aliphatic rings. The Morgan fingerprint density at radius 2 is 2.35 bits per heavy atom. The van der Waals surface area contributed by atoms with Crippen LogP contribution in [-0.4, -0.2) is 27.6 Å². The molecule has 0 atom stereocenters. The number of H-pyrrole nitrogens is 1. The minimum absolute atomic E-state index is 0.120. The average molecular weight is 271 g/mol. The van der Waals surface area contributed by atoms with Gasteiger partial charge < -0.3 is 11.1 Å². The summed E-state index contributed by atoms with van der Waals surface area (Å²) in [5.41, 5.74) is 7.25. The number of amides is 1. The van der Waals surface area contributed by atoms with Gasteiger partial charge in [0.15, 0.2) is 0 Å². The van der Waals surface area contributed by atoms with Gasteiger partial charge in [0.1, 0.15) is 12.2 Å². The molecule has 20 heavy (non-hydrogen) atoms. The molecular weight excluding hydrogens is 254 g/mol. The third-order valence-corrected chi connectivity index (χ3v) is 2.69. The summed E-state index contributed by atoms with van der Waals surface area (Å²) < 4.78 is 0. The number of aromatic amines is 1. The Kier molecular flexibility index (Phi) is 4.88. The molecule has 1 aromatic heterocycles. The number of hydrogen-bond donors (Lipinski definition) is 3. The Hall–Kier alpha value is -2.63. The van der Waals surface area contributed by atoms with E-state index < -0.39 is 0 Å². The largest absolute Gasteiger partial charge is 0.399 e. The number of hydrogen-bond acceptors (Lipinski definition) is 4. The standard InChI is InChI=1S/C14H17N5O/c15-12-4-1-3-11(9-12)6-7-14(20)16-8-2-5-13-17-10-18-19-13/h1,3-4,6-7,9-10H,2,5,8,15H2,(H,16,20)(H,17,18,19)/b7-6+. The normalized spacial score (nSPS) is 10.8. The first kappa shape index (κ1) is 13.8. The van der Waals surface area contributed by atoms with E-state index in [4.69, 9.17) is 5.73 Å². The summed E-state index contributed by atoms with van der Waals surface area (Å²) in [6.07, 6.45) is 6.29. The van der Waals surface area contributed by atoms with Crippen molar-refractivity contribution in [3.05, 3.63) is 48.1 Å². The molecule has 0 radical (unpaired) electrons. The number of carbonyl (C=O) groups excluding carboxylic acids is 1. The van der Waals surface area contributed by atoms with Crippen LogP contribution < -0.4 is 11.1 Å². The quantitative estimate of drug-likeness (QED) is 0.417. The molecule has 0 saturated heterocycles. The molecule has 6 nitrogen and oxygen atoms in total. The number of nitrogens with zero attached hydrogens (tertiary/aromatic N) is 2. The summed E-state index contributed by atoms with van der Waals surface area (Å²) in [6, 6.07) is 7.36. The van der Waals surface area contributed by atoms with Gasteiger partial charge in [-0.15, -0.1) is 0 Å². The molecule has 0 fully saturated rings. The molecule has 0 aliphatic carbocycles. The number of nitrogen functional groups attached to an aromatic ring is 1. The van der Waals surface area contributed by atoms with Gasteiger partial charge in [-0.1, -0.05) is 12.1 Å². The lowest BCUT2D eigenvalue weighted by atomic mass is 10.2. The van der Waals surface area contributed by atoms with Gasteiger partial charge >= 0.3 is 0 Å². The summed E-state index contributed by atoms with van der Waals surface area (Å²) in [5.74, 6) is 0.708. The van der Waals surface area contributed by atoms with Crippen LogP contribution >= 0.6 is 0 Å². The van der Waals surface area contributed by atoms with Crippen LogP contribution in [0.5, 0.6) is 0 Å². The molecule has 4 N–H and O–H groups in total. The molecule has 0 unspecified atom stereocenters. The molecule has 2 rings (SSSR count). The number of nitrogens with two attached hydrogens (primary N) is 1. The van der Waals surface area contributed by atoms with Crippen LogP contribution in [0.4, 0.5) is 5.69 Å². The summed E-state index contributed by atoms with van der Waals surface area (Å²) >= 11 is 0. The summed E-state index contributed by atoms with van der Waals surface area (Å²) in [5, 5.41) is 9.35. The highest BCUT2D eigenvalue weighted by molar-refractivity contribution is 5.91. The second-order valence-electron chi connectivity index (χ2n) is 4.33. The predicted molar refractivity (Wildman–Crippen MR) is 77.6 cm³/mol. The molecule has 104 valence electrons. The van der Waals surface area contributed by atoms with E-state index in [1.165, 1.54) is 12.4 Å². The summed E-state index contributed by atoms with van der Waals surface area (Å²) in [4.78, 5) is 15.6. The minimum atomic E-state index is -0.120. The zero-order valence-electron chi connectivity index (χ0n) is 11.0. The zero-order valence-corrected chi connectivity index (χ0v) is 11.0. The molecule has 1 aromatic carbocycles. The predicted octanol–water partition coefficient (Wildman–Crippen LogP) is 1.15. The topological polar surface area (TPSA) is 96.7 Å². The summed E-state index contributed by atoms with van der Waals surface area (Å²) in [7, 11) is 0. The monoisotopic (exact) mass is 271 g/mol. The second-order valence-corrected chi connectivity index (χ2v) is 4.33. The Morgan fingerprint density at radius 3 is 3.10 bits per heavy atom. The first-order chi connectivity index (χ1) is 9.74. The van der Waals surface area contributed by atoms with E-state index in [9.17, 15) is 4.79 Å². The molecule has 0 saturated carbocycles. The maximum absolute atomic E-state index is 11.6. The lowest BCUT2D eigenvalue weighted by molar-refractivity contribution is -0.116. The lowest BCUT2D eigenvalue weighted by Crippen LogP contribution is -2.22. The molecule has 1 amide bonds.